The number of carbonyl (C=O) groups excluding carboxylic acids is 1. The van der Waals surface area contributed by atoms with Crippen molar-refractivity contribution in [3.8, 4) is 11.5 Å². The van der Waals surface area contributed by atoms with E-state index < -0.39 is 0 Å². The third-order valence-electron chi connectivity index (χ3n) is 3.10. The summed E-state index contributed by atoms with van der Waals surface area (Å²) in [6, 6.07) is 5.39. The predicted molar refractivity (Wildman–Crippen MR) is 87.9 cm³/mol. The summed E-state index contributed by atoms with van der Waals surface area (Å²) >= 11 is 1.65. The highest BCUT2D eigenvalue weighted by Gasteiger charge is 2.13. The third-order valence-corrected chi connectivity index (χ3v) is 3.71. The Balaban J connectivity index is 2.17. The predicted octanol–water partition coefficient (Wildman–Crippen LogP) is 1.16. The lowest BCUT2D eigenvalue weighted by Gasteiger charge is -2.07. The van der Waals surface area contributed by atoms with E-state index in [0.717, 1.165) is 5.75 Å². The van der Waals surface area contributed by atoms with Gasteiger partial charge < -0.3 is 10.3 Å². The molecule has 2 rings (SSSR count). The molecule has 0 atom stereocenters. The van der Waals surface area contributed by atoms with Gasteiger partial charge in [-0.05, 0) is 25.3 Å². The van der Waals surface area contributed by atoms with Gasteiger partial charge in [0, 0.05) is 29.8 Å². The Morgan fingerprint density at radius 1 is 1.41 bits per heavy atom. The fraction of sp³-hybridized carbons (Fsp3) is 0.333. The second-order valence-electron chi connectivity index (χ2n) is 4.71. The Hall–Kier alpha value is -2.15. The lowest BCUT2D eigenvalue weighted by Crippen LogP contribution is -2.30. The zero-order chi connectivity index (χ0) is 15.9. The van der Waals surface area contributed by atoms with Gasteiger partial charge in [0.1, 0.15) is 5.69 Å². The molecule has 0 unspecified atom stereocenters. The minimum atomic E-state index is -0.298. The molecule has 0 saturated heterocycles. The second-order valence-corrected chi connectivity index (χ2v) is 5.70. The van der Waals surface area contributed by atoms with Crippen molar-refractivity contribution in [3.05, 3.63) is 46.0 Å². The highest BCUT2D eigenvalue weighted by Crippen LogP contribution is 2.11. The molecule has 0 aliphatic heterocycles. The average molecular weight is 318 g/mol. The first-order valence-corrected chi connectivity index (χ1v) is 8.28. The zero-order valence-corrected chi connectivity index (χ0v) is 13.4. The number of H-pyrrole nitrogens is 1. The maximum atomic E-state index is 12.2. The van der Waals surface area contributed by atoms with E-state index in [2.05, 4.69) is 20.3 Å². The number of nitrogens with one attached hydrogen (secondary N) is 2. The molecule has 7 heteroatoms. The van der Waals surface area contributed by atoms with Crippen LogP contribution in [0.3, 0.4) is 0 Å². The van der Waals surface area contributed by atoms with Crippen LogP contribution in [0.25, 0.3) is 11.5 Å². The largest absolute Gasteiger partial charge is 0.355 e. The molecular formula is C15H18N4O2S. The van der Waals surface area contributed by atoms with E-state index in [4.69, 9.17) is 0 Å². The van der Waals surface area contributed by atoms with Crippen molar-refractivity contribution < 1.29 is 4.79 Å². The van der Waals surface area contributed by atoms with E-state index in [-0.39, 0.29) is 17.9 Å². The van der Waals surface area contributed by atoms with Crippen LogP contribution in [0.1, 0.15) is 11.3 Å². The Morgan fingerprint density at radius 2 is 2.23 bits per heavy atom. The number of hydrogen-bond donors (Lipinski definition) is 2. The number of amides is 1. The first-order chi connectivity index (χ1) is 10.6. The molecule has 0 saturated carbocycles. The lowest BCUT2D eigenvalue weighted by atomic mass is 10.1. The number of thioether (sulfide) groups is 1. The van der Waals surface area contributed by atoms with E-state index in [1.54, 1.807) is 37.0 Å². The SMILES string of the molecule is CSCCNC(=O)Cc1c(C)nc(-c2ccccn2)[nH]c1=O. The van der Waals surface area contributed by atoms with Gasteiger partial charge in [-0.3, -0.25) is 14.6 Å². The first kappa shape index (κ1) is 16.2. The van der Waals surface area contributed by atoms with Gasteiger partial charge in [-0.15, -0.1) is 0 Å². The van der Waals surface area contributed by atoms with Gasteiger partial charge in [-0.1, -0.05) is 6.07 Å². The molecule has 2 aromatic rings. The number of pyridine rings is 1. The summed E-state index contributed by atoms with van der Waals surface area (Å²) in [6.07, 6.45) is 3.64. The Labute approximate surface area is 132 Å². The van der Waals surface area contributed by atoms with E-state index >= 15 is 0 Å². The molecule has 1 amide bonds. The van der Waals surface area contributed by atoms with Gasteiger partial charge >= 0.3 is 0 Å². The van der Waals surface area contributed by atoms with Gasteiger partial charge in [0.05, 0.1) is 6.42 Å². The highest BCUT2D eigenvalue weighted by molar-refractivity contribution is 7.98. The number of carbonyl (C=O) groups is 1. The van der Waals surface area contributed by atoms with Crippen molar-refractivity contribution in [2.24, 2.45) is 0 Å². The Morgan fingerprint density at radius 3 is 2.86 bits per heavy atom. The Kier molecular flexibility index (Phi) is 5.71. The summed E-state index contributed by atoms with van der Waals surface area (Å²) in [6.45, 7) is 2.32. The second kappa shape index (κ2) is 7.74. The molecule has 0 aliphatic carbocycles. The molecule has 2 aromatic heterocycles. The van der Waals surface area contributed by atoms with Gasteiger partial charge in [-0.2, -0.15) is 11.8 Å². The van der Waals surface area contributed by atoms with Gasteiger partial charge in [0.25, 0.3) is 5.56 Å². The van der Waals surface area contributed by atoms with Crippen LogP contribution in [0.2, 0.25) is 0 Å². The van der Waals surface area contributed by atoms with E-state index in [1.165, 1.54) is 0 Å². The van der Waals surface area contributed by atoms with Crippen LogP contribution >= 0.6 is 11.8 Å². The Bertz CT molecular complexity index is 700. The van der Waals surface area contributed by atoms with Gasteiger partial charge in [0.2, 0.25) is 5.91 Å². The standard InChI is InChI=1S/C15H18N4O2S/c1-10-11(9-13(20)17-7-8-22-2)15(21)19-14(18-10)12-5-3-4-6-16-12/h3-6H,7-9H2,1-2H3,(H,17,20)(H,18,19,21). The maximum absolute atomic E-state index is 12.2. The summed E-state index contributed by atoms with van der Waals surface area (Å²) in [4.78, 5) is 35.2. The van der Waals surface area contributed by atoms with Gasteiger partial charge in [-0.25, -0.2) is 4.98 Å². The summed E-state index contributed by atoms with van der Waals surface area (Å²) in [5.41, 5.74) is 1.23. The van der Waals surface area contributed by atoms with Crippen LogP contribution in [-0.4, -0.2) is 39.4 Å². The molecule has 6 nitrogen and oxygen atoms in total. The molecule has 0 aliphatic rings. The fourth-order valence-electron chi connectivity index (χ4n) is 1.96. The van der Waals surface area contributed by atoms with Crippen LogP contribution in [0.4, 0.5) is 0 Å². The minimum absolute atomic E-state index is 0.0328. The van der Waals surface area contributed by atoms with Crippen molar-refractivity contribution in [2.75, 3.05) is 18.6 Å². The smallest absolute Gasteiger partial charge is 0.255 e. The molecule has 0 fully saturated rings. The number of hydrogen-bond acceptors (Lipinski definition) is 5. The third kappa shape index (κ3) is 4.17. The monoisotopic (exact) mass is 318 g/mol. The number of aryl methyl sites for hydroxylation is 1. The zero-order valence-electron chi connectivity index (χ0n) is 12.5. The molecule has 0 radical (unpaired) electrons. The molecule has 2 heterocycles. The van der Waals surface area contributed by atoms with Crippen LogP contribution in [0.5, 0.6) is 0 Å². The first-order valence-electron chi connectivity index (χ1n) is 6.88. The van der Waals surface area contributed by atoms with Crippen molar-refractivity contribution in [3.63, 3.8) is 0 Å². The summed E-state index contributed by atoms with van der Waals surface area (Å²) in [5.74, 6) is 1.09. The maximum Gasteiger partial charge on any atom is 0.255 e. The molecule has 22 heavy (non-hydrogen) atoms. The quantitative estimate of drug-likeness (QED) is 0.781. The van der Waals surface area contributed by atoms with Crippen molar-refractivity contribution >= 4 is 17.7 Å². The van der Waals surface area contributed by atoms with E-state index in [9.17, 15) is 9.59 Å². The fourth-order valence-corrected chi connectivity index (χ4v) is 2.26. The minimum Gasteiger partial charge on any atom is -0.355 e. The van der Waals surface area contributed by atoms with E-state index in [1.807, 2.05) is 12.3 Å². The van der Waals surface area contributed by atoms with Crippen molar-refractivity contribution in [1.82, 2.24) is 20.3 Å². The summed E-state index contributed by atoms with van der Waals surface area (Å²) in [5, 5.41) is 2.78. The van der Waals surface area contributed by atoms with Crippen LogP contribution in [0, 0.1) is 6.92 Å². The van der Waals surface area contributed by atoms with Crippen molar-refractivity contribution in [2.45, 2.75) is 13.3 Å². The number of nitrogens with zero attached hydrogens (tertiary/aromatic N) is 2. The van der Waals surface area contributed by atoms with Crippen molar-refractivity contribution in [1.29, 1.82) is 0 Å². The molecular weight excluding hydrogens is 300 g/mol. The molecule has 2 N–H and O–H groups in total. The van der Waals surface area contributed by atoms with Crippen LogP contribution < -0.4 is 10.9 Å². The lowest BCUT2D eigenvalue weighted by molar-refractivity contribution is -0.120. The van der Waals surface area contributed by atoms with Crippen LogP contribution in [0.15, 0.2) is 29.2 Å². The van der Waals surface area contributed by atoms with E-state index in [0.29, 0.717) is 29.3 Å². The summed E-state index contributed by atoms with van der Waals surface area (Å²) in [7, 11) is 0. The van der Waals surface area contributed by atoms with Crippen LogP contribution in [-0.2, 0) is 11.2 Å². The molecule has 0 aromatic carbocycles. The molecule has 0 bridgehead atoms. The topological polar surface area (TPSA) is 87.7 Å². The number of aromatic nitrogens is 3. The summed E-state index contributed by atoms with van der Waals surface area (Å²) < 4.78 is 0. The molecule has 0 spiro atoms. The number of rotatable bonds is 6. The normalized spacial score (nSPS) is 10.5. The average Bonchev–Trinajstić information content (AvgIpc) is 2.52. The highest BCUT2D eigenvalue weighted by atomic mass is 32.2. The molecule has 116 valence electrons. The van der Waals surface area contributed by atoms with Gasteiger partial charge in [0.15, 0.2) is 5.82 Å². The number of aromatic amines is 1.